The molecular formula is C20H21Cl2NO4. The van der Waals surface area contributed by atoms with Gasteiger partial charge in [0.2, 0.25) is 0 Å². The van der Waals surface area contributed by atoms with Crippen molar-refractivity contribution in [1.29, 1.82) is 0 Å². The standard InChI is InChI=1S/C20H21Cl2NO4/c1-2-27-20(25)19(24)16-6-4-14(18(16)23-7-9-26-10-8-23)11-13-3-5-15(21)12-17(13)22/h3,5,11-12H,2,4,6-10H2,1H3. The Bertz CT molecular complexity index is 810. The van der Waals surface area contributed by atoms with E-state index in [2.05, 4.69) is 4.90 Å². The Labute approximate surface area is 168 Å². The van der Waals surface area contributed by atoms with Gasteiger partial charge >= 0.3 is 5.97 Å². The first kappa shape index (κ1) is 19.9. The summed E-state index contributed by atoms with van der Waals surface area (Å²) in [7, 11) is 0. The number of esters is 1. The van der Waals surface area contributed by atoms with Gasteiger partial charge in [-0.3, -0.25) is 4.79 Å². The molecule has 0 aromatic heterocycles. The molecule has 1 fully saturated rings. The highest BCUT2D eigenvalue weighted by molar-refractivity contribution is 6.41. The van der Waals surface area contributed by atoms with Crippen LogP contribution in [0.3, 0.4) is 0 Å². The number of benzene rings is 1. The summed E-state index contributed by atoms with van der Waals surface area (Å²) in [6.07, 6.45) is 3.13. The summed E-state index contributed by atoms with van der Waals surface area (Å²) in [5.74, 6) is -1.37. The van der Waals surface area contributed by atoms with Gasteiger partial charge in [0.1, 0.15) is 0 Å². The van der Waals surface area contributed by atoms with Crippen LogP contribution in [0.4, 0.5) is 0 Å². The monoisotopic (exact) mass is 409 g/mol. The van der Waals surface area contributed by atoms with E-state index in [1.807, 2.05) is 12.1 Å². The molecule has 0 atom stereocenters. The highest BCUT2D eigenvalue weighted by Gasteiger charge is 2.33. The van der Waals surface area contributed by atoms with Crippen molar-refractivity contribution in [3.63, 3.8) is 0 Å². The van der Waals surface area contributed by atoms with E-state index in [0.717, 1.165) is 16.8 Å². The third-order valence-corrected chi connectivity index (χ3v) is 5.15. The quantitative estimate of drug-likeness (QED) is 0.545. The molecule has 5 nitrogen and oxygen atoms in total. The Hall–Kier alpha value is -1.82. The molecular weight excluding hydrogens is 389 g/mol. The summed E-state index contributed by atoms with van der Waals surface area (Å²) in [6.45, 7) is 4.36. The zero-order chi connectivity index (χ0) is 19.4. The Balaban J connectivity index is 2.01. The van der Waals surface area contributed by atoms with Gasteiger partial charge in [-0.05, 0) is 49.1 Å². The second kappa shape index (κ2) is 8.91. The predicted octanol–water partition coefficient (Wildman–Crippen LogP) is 3.89. The molecule has 0 radical (unpaired) electrons. The SMILES string of the molecule is CCOC(=O)C(=O)C1=C(N2CCOCC2)C(=Cc2ccc(Cl)cc2Cl)CC1. The average molecular weight is 410 g/mol. The summed E-state index contributed by atoms with van der Waals surface area (Å²) in [5, 5.41) is 1.11. The van der Waals surface area contributed by atoms with Gasteiger partial charge in [0, 0.05) is 34.4 Å². The minimum Gasteiger partial charge on any atom is -0.460 e. The van der Waals surface area contributed by atoms with Gasteiger partial charge in [0.15, 0.2) is 0 Å². The summed E-state index contributed by atoms with van der Waals surface area (Å²) < 4.78 is 10.3. The molecule has 1 heterocycles. The molecule has 1 aromatic carbocycles. The lowest BCUT2D eigenvalue weighted by atomic mass is 10.1. The van der Waals surface area contributed by atoms with Gasteiger partial charge in [0.25, 0.3) is 5.78 Å². The van der Waals surface area contributed by atoms with Crippen molar-refractivity contribution in [3.05, 3.63) is 50.7 Å². The first-order chi connectivity index (χ1) is 13.0. The number of nitrogens with zero attached hydrogens (tertiary/aromatic N) is 1. The van der Waals surface area contributed by atoms with Crippen molar-refractivity contribution >= 4 is 41.0 Å². The summed E-state index contributed by atoms with van der Waals surface area (Å²) in [4.78, 5) is 26.8. The minimum absolute atomic E-state index is 0.174. The topological polar surface area (TPSA) is 55.8 Å². The van der Waals surface area contributed by atoms with Crippen LogP contribution in [0.5, 0.6) is 0 Å². The maximum absolute atomic E-state index is 12.6. The van der Waals surface area contributed by atoms with E-state index in [1.165, 1.54) is 0 Å². The Morgan fingerprint density at radius 3 is 2.63 bits per heavy atom. The third-order valence-electron chi connectivity index (χ3n) is 4.59. The molecule has 1 saturated heterocycles. The molecule has 0 bridgehead atoms. The number of rotatable bonds is 5. The molecule has 0 saturated carbocycles. The van der Waals surface area contributed by atoms with Gasteiger partial charge < -0.3 is 14.4 Å². The van der Waals surface area contributed by atoms with Gasteiger partial charge in [-0.15, -0.1) is 0 Å². The number of carbonyl (C=O) groups excluding carboxylic acids is 2. The van der Waals surface area contributed by atoms with Crippen molar-refractivity contribution in [1.82, 2.24) is 4.90 Å². The number of halogens is 2. The molecule has 1 aromatic rings. The van der Waals surface area contributed by atoms with Crippen LogP contribution in [0, 0.1) is 0 Å². The Morgan fingerprint density at radius 1 is 1.22 bits per heavy atom. The largest absolute Gasteiger partial charge is 0.460 e. The van der Waals surface area contributed by atoms with Crippen LogP contribution in [-0.2, 0) is 19.1 Å². The van der Waals surface area contributed by atoms with Crippen molar-refractivity contribution in [2.24, 2.45) is 0 Å². The summed E-state index contributed by atoms with van der Waals surface area (Å²) in [5.41, 5.74) is 3.12. The van der Waals surface area contributed by atoms with Crippen molar-refractivity contribution < 1.29 is 19.1 Å². The Morgan fingerprint density at radius 2 is 1.96 bits per heavy atom. The maximum atomic E-state index is 12.6. The smallest absolute Gasteiger partial charge is 0.379 e. The van der Waals surface area contributed by atoms with Crippen LogP contribution in [0.2, 0.25) is 10.0 Å². The van der Waals surface area contributed by atoms with E-state index >= 15 is 0 Å². The lowest BCUT2D eigenvalue weighted by Crippen LogP contribution is -2.37. The normalized spacial score (nSPS) is 18.9. The second-order valence-electron chi connectivity index (χ2n) is 6.31. The molecule has 27 heavy (non-hydrogen) atoms. The van der Waals surface area contributed by atoms with E-state index in [9.17, 15) is 9.59 Å². The van der Waals surface area contributed by atoms with Crippen molar-refractivity contribution in [2.45, 2.75) is 19.8 Å². The molecule has 1 aliphatic heterocycles. The minimum atomic E-state index is -0.802. The van der Waals surface area contributed by atoms with Crippen LogP contribution < -0.4 is 0 Å². The molecule has 0 spiro atoms. The number of Topliss-reactive ketones (excluding diaryl/α,β-unsaturated/α-hetero) is 1. The Kier molecular flexibility index (Phi) is 6.58. The molecule has 7 heteroatoms. The second-order valence-corrected chi connectivity index (χ2v) is 7.16. The maximum Gasteiger partial charge on any atom is 0.379 e. The van der Waals surface area contributed by atoms with E-state index in [-0.39, 0.29) is 6.61 Å². The van der Waals surface area contributed by atoms with Gasteiger partial charge in [-0.2, -0.15) is 0 Å². The van der Waals surface area contributed by atoms with Crippen LogP contribution in [0.25, 0.3) is 6.08 Å². The highest BCUT2D eigenvalue weighted by Crippen LogP contribution is 2.37. The number of hydrogen-bond donors (Lipinski definition) is 0. The van der Waals surface area contributed by atoms with Crippen LogP contribution in [0.15, 0.2) is 35.0 Å². The number of hydrogen-bond acceptors (Lipinski definition) is 5. The van der Waals surface area contributed by atoms with Gasteiger partial charge in [-0.1, -0.05) is 29.3 Å². The fourth-order valence-corrected chi connectivity index (χ4v) is 3.82. The number of morpholine rings is 1. The average Bonchev–Trinajstić information content (AvgIpc) is 3.08. The van der Waals surface area contributed by atoms with E-state index in [0.29, 0.717) is 54.8 Å². The first-order valence-corrected chi connectivity index (χ1v) is 9.70. The molecule has 2 aliphatic rings. The van der Waals surface area contributed by atoms with E-state index in [4.69, 9.17) is 32.7 Å². The molecule has 0 amide bonds. The molecule has 0 unspecified atom stereocenters. The van der Waals surface area contributed by atoms with Crippen molar-refractivity contribution in [3.8, 4) is 0 Å². The third kappa shape index (κ3) is 4.54. The predicted molar refractivity (Wildman–Crippen MR) is 105 cm³/mol. The van der Waals surface area contributed by atoms with E-state index < -0.39 is 11.8 Å². The van der Waals surface area contributed by atoms with Gasteiger partial charge in [-0.25, -0.2) is 4.79 Å². The van der Waals surface area contributed by atoms with E-state index in [1.54, 1.807) is 19.1 Å². The van der Waals surface area contributed by atoms with Crippen LogP contribution in [-0.4, -0.2) is 49.6 Å². The van der Waals surface area contributed by atoms with Crippen LogP contribution >= 0.6 is 23.2 Å². The number of ether oxygens (including phenoxy) is 2. The summed E-state index contributed by atoms with van der Waals surface area (Å²) >= 11 is 12.3. The first-order valence-electron chi connectivity index (χ1n) is 8.94. The fraction of sp³-hybridized carbons (Fsp3) is 0.400. The zero-order valence-corrected chi connectivity index (χ0v) is 16.6. The highest BCUT2D eigenvalue weighted by atomic mass is 35.5. The lowest BCUT2D eigenvalue weighted by Gasteiger charge is -2.31. The van der Waals surface area contributed by atoms with Crippen LogP contribution in [0.1, 0.15) is 25.3 Å². The zero-order valence-electron chi connectivity index (χ0n) is 15.1. The number of carbonyl (C=O) groups is 2. The summed E-state index contributed by atoms with van der Waals surface area (Å²) in [6, 6.07) is 5.31. The van der Waals surface area contributed by atoms with Crippen molar-refractivity contribution in [2.75, 3.05) is 32.9 Å². The molecule has 0 N–H and O–H groups in total. The lowest BCUT2D eigenvalue weighted by molar-refractivity contribution is -0.151. The molecule has 144 valence electrons. The fourth-order valence-electron chi connectivity index (χ4n) is 3.36. The van der Waals surface area contributed by atoms with Gasteiger partial charge in [0.05, 0.1) is 19.8 Å². The number of allylic oxidation sites excluding steroid dienone is 1. The molecule has 1 aliphatic carbocycles. The number of ketones is 1. The molecule has 3 rings (SSSR count).